The average Bonchev–Trinajstić information content (AvgIpc) is 3.20. The minimum atomic E-state index is -0.184. The number of hydrogen-bond donors (Lipinski definition) is 3. The first-order valence-electron chi connectivity index (χ1n) is 10.2. The third-order valence-electron chi connectivity index (χ3n) is 5.66. The summed E-state index contributed by atoms with van der Waals surface area (Å²) in [6.07, 6.45) is 4.91. The van der Waals surface area contributed by atoms with Crippen LogP contribution in [0.2, 0.25) is 0 Å². The van der Waals surface area contributed by atoms with Gasteiger partial charge in [-0.05, 0) is 69.7 Å². The first kappa shape index (κ1) is 22.5. The van der Waals surface area contributed by atoms with E-state index >= 15 is 0 Å². The Morgan fingerprint density at radius 2 is 1.96 bits per heavy atom. The molecule has 2 saturated heterocycles. The summed E-state index contributed by atoms with van der Waals surface area (Å²) in [4.78, 5) is 26.6. The molecule has 0 aliphatic carbocycles. The van der Waals surface area contributed by atoms with E-state index in [2.05, 4.69) is 16.0 Å². The summed E-state index contributed by atoms with van der Waals surface area (Å²) in [6, 6.07) is 7.56. The molecule has 2 unspecified atom stereocenters. The Labute approximate surface area is 174 Å². The van der Waals surface area contributed by atoms with Gasteiger partial charge >= 0.3 is 6.03 Å². The van der Waals surface area contributed by atoms with E-state index in [1.54, 1.807) is 0 Å². The van der Waals surface area contributed by atoms with Crippen molar-refractivity contribution in [3.8, 4) is 0 Å². The van der Waals surface area contributed by atoms with Gasteiger partial charge in [0.25, 0.3) is 0 Å². The van der Waals surface area contributed by atoms with Crippen LogP contribution in [-0.2, 0) is 4.79 Å². The van der Waals surface area contributed by atoms with E-state index in [9.17, 15) is 9.59 Å². The summed E-state index contributed by atoms with van der Waals surface area (Å²) in [5, 5.41) is 9.17. The number of urea groups is 1. The molecule has 2 aliphatic rings. The molecule has 3 N–H and O–H groups in total. The van der Waals surface area contributed by atoms with Crippen LogP contribution < -0.4 is 16.0 Å². The molecule has 0 spiro atoms. The summed E-state index contributed by atoms with van der Waals surface area (Å²) < 4.78 is 0. The minimum absolute atomic E-state index is 0. The zero-order valence-corrected chi connectivity index (χ0v) is 17.5. The molecule has 2 aliphatic heterocycles. The minimum Gasteiger partial charge on any atom is -0.342 e. The van der Waals surface area contributed by atoms with Gasteiger partial charge in [0.2, 0.25) is 5.91 Å². The maximum Gasteiger partial charge on any atom is 0.319 e. The van der Waals surface area contributed by atoms with Crippen molar-refractivity contribution < 1.29 is 9.59 Å². The maximum absolute atomic E-state index is 12.5. The molecule has 2 heterocycles. The third-order valence-corrected chi connectivity index (χ3v) is 5.66. The number of benzene rings is 1. The highest BCUT2D eigenvalue weighted by Gasteiger charge is 2.25. The molecule has 0 radical (unpaired) electrons. The molecule has 1 aromatic rings. The van der Waals surface area contributed by atoms with Gasteiger partial charge in [0.15, 0.2) is 0 Å². The van der Waals surface area contributed by atoms with E-state index in [1.165, 1.54) is 6.42 Å². The topological polar surface area (TPSA) is 73.5 Å². The van der Waals surface area contributed by atoms with E-state index in [1.807, 2.05) is 36.1 Å². The van der Waals surface area contributed by atoms with Gasteiger partial charge in [0, 0.05) is 31.7 Å². The molecule has 0 aromatic heterocycles. The van der Waals surface area contributed by atoms with E-state index in [-0.39, 0.29) is 24.3 Å². The molecular weight excluding hydrogens is 376 g/mol. The van der Waals surface area contributed by atoms with Crippen LogP contribution in [-0.4, -0.2) is 49.6 Å². The van der Waals surface area contributed by atoms with Gasteiger partial charge in [0.1, 0.15) is 0 Å². The molecule has 3 rings (SSSR count). The lowest BCUT2D eigenvalue weighted by atomic mass is 9.96. The molecule has 0 bridgehead atoms. The lowest BCUT2D eigenvalue weighted by Crippen LogP contribution is -2.44. The number of aryl methyl sites for hydroxylation is 1. The second-order valence-electron chi connectivity index (χ2n) is 7.95. The van der Waals surface area contributed by atoms with Crippen LogP contribution in [0, 0.1) is 18.8 Å². The third kappa shape index (κ3) is 6.99. The molecule has 156 valence electrons. The fourth-order valence-electron chi connectivity index (χ4n) is 3.95. The number of hydrogen-bond acceptors (Lipinski definition) is 3. The van der Waals surface area contributed by atoms with Crippen LogP contribution in [0.4, 0.5) is 10.5 Å². The maximum atomic E-state index is 12.5. The molecule has 6 nitrogen and oxygen atoms in total. The van der Waals surface area contributed by atoms with Gasteiger partial charge in [-0.15, -0.1) is 12.4 Å². The van der Waals surface area contributed by atoms with Crippen LogP contribution >= 0.6 is 12.4 Å². The SMILES string of the molecule is Cc1ccc(NC(=O)NCC2CCCN(C(=O)CCC3CCNC3)C2)cc1.Cl. The number of nitrogens with zero attached hydrogens (tertiary/aromatic N) is 1. The summed E-state index contributed by atoms with van der Waals surface area (Å²) in [5.41, 5.74) is 1.96. The Morgan fingerprint density at radius 3 is 2.68 bits per heavy atom. The number of carbonyl (C=O) groups excluding carboxylic acids is 2. The normalized spacial score (nSPS) is 21.7. The lowest BCUT2D eigenvalue weighted by Gasteiger charge is -2.33. The van der Waals surface area contributed by atoms with Crippen molar-refractivity contribution in [1.29, 1.82) is 0 Å². The van der Waals surface area contributed by atoms with E-state index in [0.717, 1.165) is 56.7 Å². The average molecular weight is 409 g/mol. The monoisotopic (exact) mass is 408 g/mol. The van der Waals surface area contributed by atoms with Crippen molar-refractivity contribution in [2.45, 2.75) is 39.0 Å². The number of halogens is 1. The van der Waals surface area contributed by atoms with Gasteiger partial charge in [-0.3, -0.25) is 4.79 Å². The molecular formula is C21H33ClN4O2. The fraction of sp³-hybridized carbons (Fsp3) is 0.619. The second-order valence-corrected chi connectivity index (χ2v) is 7.95. The summed E-state index contributed by atoms with van der Waals surface area (Å²) >= 11 is 0. The van der Waals surface area contributed by atoms with Crippen LogP contribution in [0.5, 0.6) is 0 Å². The molecule has 7 heteroatoms. The van der Waals surface area contributed by atoms with Crippen LogP contribution in [0.25, 0.3) is 0 Å². The number of carbonyl (C=O) groups is 2. The summed E-state index contributed by atoms with van der Waals surface area (Å²) in [6.45, 7) is 6.37. The molecule has 2 atom stereocenters. The van der Waals surface area contributed by atoms with Gasteiger partial charge in [-0.1, -0.05) is 17.7 Å². The standard InChI is InChI=1S/C21H32N4O2.ClH/c1-16-4-7-19(8-5-16)24-21(27)23-14-18-3-2-12-25(15-18)20(26)9-6-17-10-11-22-13-17;/h4-5,7-8,17-18,22H,2-3,6,9-15H2,1H3,(H2,23,24,27);1H. The van der Waals surface area contributed by atoms with Crippen LogP contribution in [0.15, 0.2) is 24.3 Å². The Morgan fingerprint density at radius 1 is 1.18 bits per heavy atom. The highest BCUT2D eigenvalue weighted by Crippen LogP contribution is 2.20. The predicted octanol–water partition coefficient (Wildman–Crippen LogP) is 3.17. The van der Waals surface area contributed by atoms with Gasteiger partial charge in [0.05, 0.1) is 0 Å². The number of amides is 3. The smallest absolute Gasteiger partial charge is 0.319 e. The van der Waals surface area contributed by atoms with Crippen molar-refractivity contribution in [2.75, 3.05) is 38.0 Å². The zero-order valence-electron chi connectivity index (χ0n) is 16.7. The number of nitrogens with one attached hydrogen (secondary N) is 3. The van der Waals surface area contributed by atoms with Crippen LogP contribution in [0.3, 0.4) is 0 Å². The molecule has 0 saturated carbocycles. The Balaban J connectivity index is 0.00000280. The Kier molecular flexibility index (Phi) is 9.06. The molecule has 28 heavy (non-hydrogen) atoms. The van der Waals surface area contributed by atoms with Crippen molar-refractivity contribution in [1.82, 2.24) is 15.5 Å². The second kappa shape index (κ2) is 11.3. The summed E-state index contributed by atoms with van der Waals surface area (Å²) in [7, 11) is 0. The first-order chi connectivity index (χ1) is 13.1. The molecule has 2 fully saturated rings. The van der Waals surface area contributed by atoms with Crippen LogP contribution in [0.1, 0.15) is 37.7 Å². The van der Waals surface area contributed by atoms with E-state index < -0.39 is 0 Å². The Hall–Kier alpha value is -1.79. The van der Waals surface area contributed by atoms with Gasteiger partial charge in [-0.25, -0.2) is 4.79 Å². The lowest BCUT2D eigenvalue weighted by molar-refractivity contribution is -0.133. The summed E-state index contributed by atoms with van der Waals surface area (Å²) in [5.74, 6) is 1.26. The quantitative estimate of drug-likeness (QED) is 0.676. The number of likely N-dealkylation sites (tertiary alicyclic amines) is 1. The van der Waals surface area contributed by atoms with Crippen molar-refractivity contribution in [3.05, 3.63) is 29.8 Å². The van der Waals surface area contributed by atoms with Crippen molar-refractivity contribution >= 4 is 30.0 Å². The number of piperidine rings is 1. The van der Waals surface area contributed by atoms with Crippen molar-refractivity contribution in [3.63, 3.8) is 0 Å². The fourth-order valence-corrected chi connectivity index (χ4v) is 3.95. The van der Waals surface area contributed by atoms with E-state index in [0.29, 0.717) is 24.8 Å². The van der Waals surface area contributed by atoms with E-state index in [4.69, 9.17) is 0 Å². The number of anilines is 1. The molecule has 1 aromatic carbocycles. The highest BCUT2D eigenvalue weighted by atomic mass is 35.5. The van der Waals surface area contributed by atoms with Gasteiger partial charge in [-0.2, -0.15) is 0 Å². The first-order valence-corrected chi connectivity index (χ1v) is 10.2. The van der Waals surface area contributed by atoms with Crippen molar-refractivity contribution in [2.24, 2.45) is 11.8 Å². The highest BCUT2D eigenvalue weighted by molar-refractivity contribution is 5.89. The predicted molar refractivity (Wildman–Crippen MR) is 115 cm³/mol. The largest absolute Gasteiger partial charge is 0.342 e. The number of rotatable bonds is 6. The zero-order chi connectivity index (χ0) is 19.1. The van der Waals surface area contributed by atoms with Gasteiger partial charge < -0.3 is 20.9 Å². The molecule has 3 amide bonds. The Bertz CT molecular complexity index is 632.